The molecule has 156 valence electrons. The molecule has 28 heavy (non-hydrogen) atoms. The molecule has 1 aliphatic carbocycles. The molecule has 0 saturated heterocycles. The van der Waals surface area contributed by atoms with Gasteiger partial charge in [-0.15, -0.1) is 24.0 Å². The fraction of sp³-hybridized carbons (Fsp3) is 0.524. The number of aliphatic imine (C=N–C) groups is 1. The number of guanidine groups is 1. The number of carbonyl (C=O) groups is 1. The minimum Gasteiger partial charge on any atom is -0.356 e. The molecule has 0 radical (unpaired) electrons. The SMILES string of the molecule is CN=C(NCCC1=CCCCC1)NCc1ccc(NC(=O)NC(C)C)cc1.I. The molecular weight excluding hydrogens is 465 g/mol. The second-order valence-corrected chi connectivity index (χ2v) is 7.16. The zero-order chi connectivity index (χ0) is 19.5. The highest BCUT2D eigenvalue weighted by atomic mass is 127. The monoisotopic (exact) mass is 499 g/mol. The summed E-state index contributed by atoms with van der Waals surface area (Å²) >= 11 is 0. The first kappa shape index (κ1) is 24.3. The van der Waals surface area contributed by atoms with E-state index < -0.39 is 0 Å². The Bertz CT molecular complexity index is 655. The maximum atomic E-state index is 11.7. The van der Waals surface area contributed by atoms with Crippen LogP contribution in [-0.2, 0) is 6.54 Å². The third-order valence-electron chi connectivity index (χ3n) is 4.44. The number of benzene rings is 1. The normalized spacial score (nSPS) is 14.0. The molecule has 4 N–H and O–H groups in total. The summed E-state index contributed by atoms with van der Waals surface area (Å²) in [5, 5.41) is 12.3. The van der Waals surface area contributed by atoms with Gasteiger partial charge in [0.05, 0.1) is 0 Å². The van der Waals surface area contributed by atoms with E-state index >= 15 is 0 Å². The molecule has 0 saturated carbocycles. The van der Waals surface area contributed by atoms with Gasteiger partial charge in [-0.2, -0.15) is 0 Å². The first-order valence-corrected chi connectivity index (χ1v) is 9.85. The van der Waals surface area contributed by atoms with Crippen molar-refractivity contribution in [2.75, 3.05) is 18.9 Å². The van der Waals surface area contributed by atoms with Crippen molar-refractivity contribution in [3.8, 4) is 0 Å². The van der Waals surface area contributed by atoms with Gasteiger partial charge in [-0.25, -0.2) is 4.79 Å². The predicted molar refractivity (Wildman–Crippen MR) is 129 cm³/mol. The zero-order valence-corrected chi connectivity index (χ0v) is 19.5. The van der Waals surface area contributed by atoms with Crippen molar-refractivity contribution < 1.29 is 4.79 Å². The van der Waals surface area contributed by atoms with Crippen molar-refractivity contribution in [3.05, 3.63) is 41.5 Å². The highest BCUT2D eigenvalue weighted by Gasteiger charge is 2.05. The zero-order valence-electron chi connectivity index (χ0n) is 17.2. The van der Waals surface area contributed by atoms with Crippen molar-refractivity contribution in [1.82, 2.24) is 16.0 Å². The van der Waals surface area contributed by atoms with Crippen LogP contribution >= 0.6 is 24.0 Å². The number of carbonyl (C=O) groups excluding carboxylic acids is 1. The second kappa shape index (κ2) is 13.4. The number of hydrogen-bond donors (Lipinski definition) is 4. The largest absolute Gasteiger partial charge is 0.356 e. The first-order chi connectivity index (χ1) is 13.1. The summed E-state index contributed by atoms with van der Waals surface area (Å²) in [6.07, 6.45) is 8.59. The van der Waals surface area contributed by atoms with E-state index in [1.807, 2.05) is 38.1 Å². The number of halogens is 1. The van der Waals surface area contributed by atoms with Gasteiger partial charge in [-0.3, -0.25) is 4.99 Å². The Balaban J connectivity index is 0.00000392. The van der Waals surface area contributed by atoms with Gasteiger partial charge in [0.1, 0.15) is 0 Å². The molecule has 0 unspecified atom stereocenters. The van der Waals surface area contributed by atoms with Gasteiger partial charge in [-0.05, 0) is 63.6 Å². The van der Waals surface area contributed by atoms with Gasteiger partial charge in [0.25, 0.3) is 0 Å². The summed E-state index contributed by atoms with van der Waals surface area (Å²) < 4.78 is 0. The van der Waals surface area contributed by atoms with Crippen molar-refractivity contribution in [1.29, 1.82) is 0 Å². The molecule has 0 atom stereocenters. The maximum absolute atomic E-state index is 11.7. The number of nitrogens with one attached hydrogen (secondary N) is 4. The van der Waals surface area contributed by atoms with Gasteiger partial charge >= 0.3 is 6.03 Å². The molecule has 1 aliphatic rings. The van der Waals surface area contributed by atoms with Crippen LogP contribution < -0.4 is 21.3 Å². The van der Waals surface area contributed by atoms with E-state index in [0.717, 1.165) is 30.2 Å². The molecule has 0 spiro atoms. The third kappa shape index (κ3) is 9.43. The van der Waals surface area contributed by atoms with Crippen LogP contribution in [0.1, 0.15) is 51.5 Å². The Morgan fingerprint density at radius 3 is 2.50 bits per heavy atom. The lowest BCUT2D eigenvalue weighted by Crippen LogP contribution is -2.37. The minimum atomic E-state index is -0.187. The summed E-state index contributed by atoms with van der Waals surface area (Å²) in [5.74, 6) is 0.810. The number of urea groups is 1. The van der Waals surface area contributed by atoms with Crippen molar-refractivity contribution in [3.63, 3.8) is 0 Å². The Morgan fingerprint density at radius 2 is 1.89 bits per heavy atom. The molecule has 1 aromatic rings. The van der Waals surface area contributed by atoms with Crippen LogP contribution in [0, 0.1) is 0 Å². The van der Waals surface area contributed by atoms with Gasteiger partial charge in [0, 0.05) is 31.9 Å². The lowest BCUT2D eigenvalue weighted by Gasteiger charge is -2.15. The van der Waals surface area contributed by atoms with Crippen molar-refractivity contribution in [2.24, 2.45) is 4.99 Å². The summed E-state index contributed by atoms with van der Waals surface area (Å²) in [5.41, 5.74) is 3.47. The maximum Gasteiger partial charge on any atom is 0.319 e. The Kier molecular flexibility index (Phi) is 11.6. The second-order valence-electron chi connectivity index (χ2n) is 7.16. The third-order valence-corrected chi connectivity index (χ3v) is 4.44. The summed E-state index contributed by atoms with van der Waals surface area (Å²) in [7, 11) is 1.79. The highest BCUT2D eigenvalue weighted by molar-refractivity contribution is 14.0. The van der Waals surface area contributed by atoms with E-state index in [2.05, 4.69) is 32.3 Å². The number of hydrogen-bond acceptors (Lipinski definition) is 2. The molecule has 6 nitrogen and oxygen atoms in total. The molecule has 2 amide bonds. The fourth-order valence-electron chi connectivity index (χ4n) is 3.01. The molecule has 1 aromatic carbocycles. The van der Waals surface area contributed by atoms with E-state index in [-0.39, 0.29) is 36.0 Å². The van der Waals surface area contributed by atoms with E-state index in [0.29, 0.717) is 6.54 Å². The van der Waals surface area contributed by atoms with Gasteiger partial charge in [-0.1, -0.05) is 23.8 Å². The average molecular weight is 499 g/mol. The lowest BCUT2D eigenvalue weighted by atomic mass is 9.97. The van der Waals surface area contributed by atoms with Crippen LogP contribution in [0.4, 0.5) is 10.5 Å². The van der Waals surface area contributed by atoms with Crippen LogP contribution in [0.25, 0.3) is 0 Å². The van der Waals surface area contributed by atoms with Gasteiger partial charge in [0.15, 0.2) is 5.96 Å². The molecule has 0 bridgehead atoms. The smallest absolute Gasteiger partial charge is 0.319 e. The number of amides is 2. The topological polar surface area (TPSA) is 77.6 Å². The van der Waals surface area contributed by atoms with Crippen LogP contribution in [0.3, 0.4) is 0 Å². The quantitative estimate of drug-likeness (QED) is 0.195. The van der Waals surface area contributed by atoms with Crippen molar-refractivity contribution >= 4 is 41.7 Å². The molecule has 7 heteroatoms. The summed E-state index contributed by atoms with van der Waals surface area (Å²) in [6, 6.07) is 7.73. The van der Waals surface area contributed by atoms with E-state index in [1.165, 1.54) is 25.7 Å². The molecule has 0 fully saturated rings. The number of rotatable bonds is 7. The van der Waals surface area contributed by atoms with Crippen LogP contribution in [0.15, 0.2) is 40.9 Å². The standard InChI is InChI=1S/C21H33N5O.HI/c1-16(2)25-21(27)26-19-11-9-18(10-12-19)15-24-20(22-3)23-14-13-17-7-5-4-6-8-17;/h7,9-12,16H,4-6,8,13-15H2,1-3H3,(H2,22,23,24)(H2,25,26,27);1H. The molecule has 0 aromatic heterocycles. The van der Waals surface area contributed by atoms with Crippen LogP contribution in [0.5, 0.6) is 0 Å². The Morgan fingerprint density at radius 1 is 1.14 bits per heavy atom. The van der Waals surface area contributed by atoms with Crippen LogP contribution in [-0.4, -0.2) is 31.6 Å². The van der Waals surface area contributed by atoms with Gasteiger partial charge in [0.2, 0.25) is 0 Å². The number of allylic oxidation sites excluding steroid dienone is 1. The molecule has 0 aliphatic heterocycles. The average Bonchev–Trinajstić information content (AvgIpc) is 2.66. The summed E-state index contributed by atoms with van der Waals surface area (Å²) in [4.78, 5) is 16.0. The molecule has 0 heterocycles. The molecular formula is C21H34IN5O. The Labute approximate surface area is 186 Å². The van der Waals surface area contributed by atoms with Crippen LogP contribution in [0.2, 0.25) is 0 Å². The fourth-order valence-corrected chi connectivity index (χ4v) is 3.01. The highest BCUT2D eigenvalue weighted by Crippen LogP contribution is 2.19. The lowest BCUT2D eigenvalue weighted by molar-refractivity contribution is 0.250. The van der Waals surface area contributed by atoms with E-state index in [1.54, 1.807) is 12.6 Å². The Hall–Kier alpha value is -1.77. The van der Waals surface area contributed by atoms with Gasteiger partial charge < -0.3 is 21.3 Å². The van der Waals surface area contributed by atoms with E-state index in [4.69, 9.17) is 0 Å². The minimum absolute atomic E-state index is 0. The summed E-state index contributed by atoms with van der Waals surface area (Å²) in [6.45, 7) is 5.45. The number of anilines is 1. The van der Waals surface area contributed by atoms with Crippen molar-refractivity contribution in [2.45, 2.75) is 58.5 Å². The predicted octanol–water partition coefficient (Wildman–Crippen LogP) is 4.39. The molecule has 2 rings (SSSR count). The number of nitrogens with zero attached hydrogens (tertiary/aromatic N) is 1. The first-order valence-electron chi connectivity index (χ1n) is 9.85. The van der Waals surface area contributed by atoms with E-state index in [9.17, 15) is 4.79 Å².